The summed E-state index contributed by atoms with van der Waals surface area (Å²) < 4.78 is 5.47. The van der Waals surface area contributed by atoms with E-state index in [-0.39, 0.29) is 0 Å². The van der Waals surface area contributed by atoms with Gasteiger partial charge in [0.05, 0.1) is 17.6 Å². The van der Waals surface area contributed by atoms with Gasteiger partial charge in [-0.15, -0.1) is 0 Å². The third kappa shape index (κ3) is 3.54. The number of benzene rings is 3. The maximum atomic E-state index is 5.47. The molecule has 2 N–H and O–H groups in total. The van der Waals surface area contributed by atoms with Gasteiger partial charge in [-0.2, -0.15) is 0 Å². The number of nitrogens with one attached hydrogen (secondary N) is 2. The normalized spacial score (nSPS) is 10.8. The summed E-state index contributed by atoms with van der Waals surface area (Å²) >= 11 is 0. The standard InChI is InChI=1S/C22H21N3O/c1-2-26-19-13-7-16(8-14-19)15-23-18-11-9-17(10-12-18)22-24-20-5-3-4-6-21(20)25-22/h3-14,23H,2,15H2,1H3,(H,24,25). The molecule has 4 aromatic rings. The Hall–Kier alpha value is -3.27. The molecule has 0 bridgehead atoms. The highest BCUT2D eigenvalue weighted by molar-refractivity contribution is 5.79. The van der Waals surface area contributed by atoms with E-state index >= 15 is 0 Å². The van der Waals surface area contributed by atoms with Crippen LogP contribution in [0.1, 0.15) is 12.5 Å². The monoisotopic (exact) mass is 343 g/mol. The van der Waals surface area contributed by atoms with Gasteiger partial charge in [0.2, 0.25) is 0 Å². The van der Waals surface area contributed by atoms with E-state index in [0.29, 0.717) is 6.61 Å². The van der Waals surface area contributed by atoms with Crippen molar-refractivity contribution in [1.82, 2.24) is 9.97 Å². The zero-order chi connectivity index (χ0) is 17.8. The van der Waals surface area contributed by atoms with Gasteiger partial charge in [-0.05, 0) is 61.0 Å². The number of fused-ring (bicyclic) bond motifs is 1. The van der Waals surface area contributed by atoms with Gasteiger partial charge in [-0.3, -0.25) is 0 Å². The lowest BCUT2D eigenvalue weighted by Gasteiger charge is -2.08. The van der Waals surface area contributed by atoms with E-state index in [0.717, 1.165) is 40.4 Å². The molecule has 0 aliphatic heterocycles. The van der Waals surface area contributed by atoms with Gasteiger partial charge in [0.1, 0.15) is 11.6 Å². The molecular weight excluding hydrogens is 322 g/mol. The summed E-state index contributed by atoms with van der Waals surface area (Å²) in [7, 11) is 0. The number of para-hydroxylation sites is 2. The average molecular weight is 343 g/mol. The van der Waals surface area contributed by atoms with E-state index < -0.39 is 0 Å². The van der Waals surface area contributed by atoms with Crippen LogP contribution in [-0.4, -0.2) is 16.6 Å². The Kier molecular flexibility index (Phi) is 4.56. The van der Waals surface area contributed by atoms with Gasteiger partial charge in [0.15, 0.2) is 0 Å². The van der Waals surface area contributed by atoms with Gasteiger partial charge < -0.3 is 15.0 Å². The zero-order valence-electron chi connectivity index (χ0n) is 14.7. The molecular formula is C22H21N3O. The number of H-pyrrole nitrogens is 1. The minimum Gasteiger partial charge on any atom is -0.494 e. The molecule has 0 aliphatic rings. The van der Waals surface area contributed by atoms with Gasteiger partial charge in [0, 0.05) is 17.8 Å². The summed E-state index contributed by atoms with van der Waals surface area (Å²) in [6.07, 6.45) is 0. The largest absolute Gasteiger partial charge is 0.494 e. The zero-order valence-corrected chi connectivity index (χ0v) is 14.7. The number of aromatic amines is 1. The van der Waals surface area contributed by atoms with Crippen LogP contribution in [0.5, 0.6) is 5.75 Å². The van der Waals surface area contributed by atoms with Crippen molar-refractivity contribution in [2.75, 3.05) is 11.9 Å². The average Bonchev–Trinajstić information content (AvgIpc) is 3.12. The highest BCUT2D eigenvalue weighted by atomic mass is 16.5. The van der Waals surface area contributed by atoms with Gasteiger partial charge >= 0.3 is 0 Å². The van der Waals surface area contributed by atoms with E-state index in [1.165, 1.54) is 5.56 Å². The van der Waals surface area contributed by atoms with Crippen molar-refractivity contribution in [2.45, 2.75) is 13.5 Å². The summed E-state index contributed by atoms with van der Waals surface area (Å²) in [5, 5.41) is 3.45. The first-order valence-electron chi connectivity index (χ1n) is 8.82. The van der Waals surface area contributed by atoms with Gasteiger partial charge in [-0.25, -0.2) is 4.98 Å². The minimum atomic E-state index is 0.690. The first-order chi connectivity index (χ1) is 12.8. The van der Waals surface area contributed by atoms with Crippen LogP contribution in [0.25, 0.3) is 22.4 Å². The first-order valence-corrected chi connectivity index (χ1v) is 8.82. The second kappa shape index (κ2) is 7.31. The summed E-state index contributed by atoms with van der Waals surface area (Å²) in [4.78, 5) is 8.00. The summed E-state index contributed by atoms with van der Waals surface area (Å²) in [5.74, 6) is 1.80. The van der Waals surface area contributed by atoms with Crippen molar-refractivity contribution in [2.24, 2.45) is 0 Å². The van der Waals surface area contributed by atoms with Gasteiger partial charge in [0.25, 0.3) is 0 Å². The number of hydrogen-bond donors (Lipinski definition) is 2. The smallest absolute Gasteiger partial charge is 0.138 e. The molecule has 4 nitrogen and oxygen atoms in total. The lowest BCUT2D eigenvalue weighted by molar-refractivity contribution is 0.340. The van der Waals surface area contributed by atoms with Crippen LogP contribution in [0.2, 0.25) is 0 Å². The van der Waals surface area contributed by atoms with Crippen molar-refractivity contribution in [3.63, 3.8) is 0 Å². The summed E-state index contributed by atoms with van der Waals surface area (Å²) in [6.45, 7) is 3.45. The van der Waals surface area contributed by atoms with Gasteiger partial charge in [-0.1, -0.05) is 24.3 Å². The van der Waals surface area contributed by atoms with Crippen molar-refractivity contribution < 1.29 is 4.74 Å². The fraction of sp³-hybridized carbons (Fsp3) is 0.136. The Morgan fingerprint density at radius 1 is 0.923 bits per heavy atom. The fourth-order valence-electron chi connectivity index (χ4n) is 2.91. The van der Waals surface area contributed by atoms with Crippen LogP contribution >= 0.6 is 0 Å². The Morgan fingerprint density at radius 2 is 1.69 bits per heavy atom. The highest BCUT2D eigenvalue weighted by Gasteiger charge is 2.04. The fourth-order valence-corrected chi connectivity index (χ4v) is 2.91. The van der Waals surface area contributed by atoms with E-state index in [9.17, 15) is 0 Å². The molecule has 1 heterocycles. The molecule has 4 heteroatoms. The predicted molar refractivity (Wildman–Crippen MR) is 106 cm³/mol. The molecule has 0 saturated heterocycles. The molecule has 0 spiro atoms. The predicted octanol–water partition coefficient (Wildman–Crippen LogP) is 5.24. The van der Waals surface area contributed by atoms with Crippen LogP contribution in [0.3, 0.4) is 0 Å². The molecule has 0 amide bonds. The molecule has 0 saturated carbocycles. The topological polar surface area (TPSA) is 49.9 Å². The van der Waals surface area contributed by atoms with Crippen LogP contribution in [0.15, 0.2) is 72.8 Å². The highest BCUT2D eigenvalue weighted by Crippen LogP contribution is 2.22. The van der Waals surface area contributed by atoms with Crippen LogP contribution in [0.4, 0.5) is 5.69 Å². The van der Waals surface area contributed by atoms with Crippen molar-refractivity contribution in [3.05, 3.63) is 78.4 Å². The SMILES string of the molecule is CCOc1ccc(CNc2ccc(-c3nc4ccccc4[nH]3)cc2)cc1. The number of hydrogen-bond acceptors (Lipinski definition) is 3. The molecule has 0 atom stereocenters. The first kappa shape index (κ1) is 16.2. The Balaban J connectivity index is 1.42. The number of aromatic nitrogens is 2. The molecule has 0 fully saturated rings. The molecule has 0 unspecified atom stereocenters. The number of nitrogens with zero attached hydrogens (tertiary/aromatic N) is 1. The second-order valence-electron chi connectivity index (χ2n) is 6.11. The second-order valence-corrected chi connectivity index (χ2v) is 6.11. The molecule has 3 aromatic carbocycles. The lowest BCUT2D eigenvalue weighted by atomic mass is 10.2. The van der Waals surface area contributed by atoms with E-state index in [1.807, 2.05) is 43.3 Å². The molecule has 130 valence electrons. The lowest BCUT2D eigenvalue weighted by Crippen LogP contribution is -1.99. The van der Waals surface area contributed by atoms with Crippen molar-refractivity contribution >= 4 is 16.7 Å². The quantitative estimate of drug-likeness (QED) is 0.503. The van der Waals surface area contributed by atoms with Crippen LogP contribution in [-0.2, 0) is 6.54 Å². The van der Waals surface area contributed by atoms with Crippen molar-refractivity contribution in [1.29, 1.82) is 0 Å². The van der Waals surface area contributed by atoms with E-state index in [4.69, 9.17) is 4.74 Å². The Morgan fingerprint density at radius 3 is 2.42 bits per heavy atom. The summed E-state index contributed by atoms with van der Waals surface area (Å²) in [6, 6.07) is 24.6. The Bertz CT molecular complexity index is 955. The molecule has 1 aromatic heterocycles. The third-order valence-corrected chi connectivity index (χ3v) is 4.28. The number of imidazole rings is 1. The third-order valence-electron chi connectivity index (χ3n) is 4.28. The molecule has 4 rings (SSSR count). The van der Waals surface area contributed by atoms with E-state index in [2.05, 4.69) is 51.7 Å². The molecule has 0 radical (unpaired) electrons. The number of rotatable bonds is 6. The summed E-state index contributed by atoms with van der Waals surface area (Å²) in [5.41, 5.74) is 5.42. The van der Waals surface area contributed by atoms with E-state index in [1.54, 1.807) is 0 Å². The van der Waals surface area contributed by atoms with Crippen LogP contribution in [0, 0.1) is 0 Å². The number of ether oxygens (including phenoxy) is 1. The maximum absolute atomic E-state index is 5.47. The minimum absolute atomic E-state index is 0.690. The molecule has 26 heavy (non-hydrogen) atoms. The van der Waals surface area contributed by atoms with Crippen molar-refractivity contribution in [3.8, 4) is 17.1 Å². The maximum Gasteiger partial charge on any atom is 0.138 e. The number of anilines is 1. The van der Waals surface area contributed by atoms with Crippen LogP contribution < -0.4 is 10.1 Å². The molecule has 0 aliphatic carbocycles. The Labute approximate surface area is 152 Å².